The van der Waals surface area contributed by atoms with Gasteiger partial charge in [-0.1, -0.05) is 21.7 Å². The molecule has 0 saturated heterocycles. The number of hydrogen-bond donors (Lipinski definition) is 3. The number of benzene rings is 1. The first-order valence-corrected chi connectivity index (χ1v) is 6.15. The second kappa shape index (κ2) is 5.87. The third-order valence-corrected chi connectivity index (χ3v) is 2.97. The van der Waals surface area contributed by atoms with Gasteiger partial charge in [0.05, 0.1) is 5.69 Å². The van der Waals surface area contributed by atoms with Gasteiger partial charge in [-0.15, -0.1) is 5.23 Å². The van der Waals surface area contributed by atoms with Crippen molar-refractivity contribution in [2.45, 2.75) is 0 Å². The summed E-state index contributed by atoms with van der Waals surface area (Å²) in [5.74, 6) is -0.453. The molecule has 2 aromatic rings. The van der Waals surface area contributed by atoms with Crippen LogP contribution in [0.3, 0.4) is 0 Å². The van der Waals surface area contributed by atoms with Gasteiger partial charge in [0.25, 0.3) is 0 Å². The van der Waals surface area contributed by atoms with E-state index in [9.17, 15) is 10.2 Å². The molecule has 1 aromatic carbocycles. The Kier molecular flexibility index (Phi) is 4.18. The Bertz CT molecular complexity index is 661. The van der Waals surface area contributed by atoms with Crippen molar-refractivity contribution >= 4 is 33.6 Å². The van der Waals surface area contributed by atoms with Gasteiger partial charge in [-0.05, 0) is 29.8 Å². The van der Waals surface area contributed by atoms with E-state index in [2.05, 4.69) is 25.9 Å². The van der Waals surface area contributed by atoms with Crippen LogP contribution >= 0.6 is 15.9 Å². The van der Waals surface area contributed by atoms with E-state index in [-0.39, 0.29) is 38.3 Å². The van der Waals surface area contributed by atoms with Crippen molar-refractivity contribution in [3.63, 3.8) is 0 Å². The van der Waals surface area contributed by atoms with Gasteiger partial charge in [0, 0.05) is 16.9 Å². The van der Waals surface area contributed by atoms with Crippen LogP contribution in [-0.2, 0) is 0 Å². The summed E-state index contributed by atoms with van der Waals surface area (Å²) < 4.78 is 0.148. The molecular formula is C12H9BrN3O4-. The minimum atomic E-state index is -0.380. The zero-order valence-electron chi connectivity index (χ0n) is 9.93. The number of aromatic hydroxyl groups is 1. The summed E-state index contributed by atoms with van der Waals surface area (Å²) in [5, 5.41) is 39.2. The average molecular weight is 339 g/mol. The van der Waals surface area contributed by atoms with Gasteiger partial charge in [-0.25, -0.2) is 9.98 Å². The largest absolute Gasteiger partial charge is 0.871 e. The topological polar surface area (TPSA) is 112 Å². The van der Waals surface area contributed by atoms with E-state index in [1.165, 1.54) is 30.6 Å². The Morgan fingerprint density at radius 2 is 2.10 bits per heavy atom. The van der Waals surface area contributed by atoms with Gasteiger partial charge in [0.2, 0.25) is 0 Å². The first kappa shape index (κ1) is 14.3. The zero-order valence-corrected chi connectivity index (χ0v) is 11.5. The highest BCUT2D eigenvalue weighted by Gasteiger charge is 2.05. The highest BCUT2D eigenvalue weighted by Crippen LogP contribution is 2.30. The first-order chi connectivity index (χ1) is 9.49. The van der Waals surface area contributed by atoms with Crippen LogP contribution in [0.5, 0.6) is 11.5 Å². The lowest BCUT2D eigenvalue weighted by molar-refractivity contribution is -0.269. The molecule has 0 unspecified atom stereocenters. The minimum absolute atomic E-state index is 0.0110. The number of hydrogen-bond acceptors (Lipinski definition) is 7. The molecule has 0 atom stereocenters. The molecule has 0 aliphatic carbocycles. The Morgan fingerprint density at radius 1 is 1.35 bits per heavy atom. The molecule has 1 heterocycles. The van der Waals surface area contributed by atoms with Crippen molar-refractivity contribution in [2.24, 2.45) is 4.99 Å². The van der Waals surface area contributed by atoms with Gasteiger partial charge >= 0.3 is 0 Å². The van der Waals surface area contributed by atoms with Crippen LogP contribution in [0, 0.1) is 0 Å². The van der Waals surface area contributed by atoms with Crippen molar-refractivity contribution in [3.8, 4) is 11.5 Å². The smallest absolute Gasteiger partial charge is 0.194 e. The van der Waals surface area contributed by atoms with Crippen molar-refractivity contribution in [2.75, 3.05) is 5.23 Å². The minimum Gasteiger partial charge on any atom is -0.871 e. The fourth-order valence-electron chi connectivity index (χ4n) is 1.43. The van der Waals surface area contributed by atoms with Gasteiger partial charge in [0.15, 0.2) is 11.6 Å². The summed E-state index contributed by atoms with van der Waals surface area (Å²) in [6.07, 6.45) is 2.63. The molecule has 104 valence electrons. The quantitative estimate of drug-likeness (QED) is 0.582. The number of halogens is 1. The summed E-state index contributed by atoms with van der Waals surface area (Å²) in [7, 11) is 0. The standard InChI is InChI=1S/C12H10BrN3O4/c13-9-5-8(16(19)20)4-7(11(9)18)6-15-12-10(17)2-1-3-14-12/h1-6,17-20H/p-1. The van der Waals surface area contributed by atoms with Crippen LogP contribution in [0.15, 0.2) is 39.9 Å². The van der Waals surface area contributed by atoms with E-state index < -0.39 is 0 Å². The maximum atomic E-state index is 11.8. The fourth-order valence-corrected chi connectivity index (χ4v) is 1.89. The maximum absolute atomic E-state index is 11.8. The van der Waals surface area contributed by atoms with Crippen LogP contribution in [-0.4, -0.2) is 26.7 Å². The number of aliphatic imine (C=N–C) groups is 1. The summed E-state index contributed by atoms with van der Waals surface area (Å²) in [6, 6.07) is 5.43. The summed E-state index contributed by atoms with van der Waals surface area (Å²) in [4.78, 5) is 7.72. The average Bonchev–Trinajstić information content (AvgIpc) is 2.41. The van der Waals surface area contributed by atoms with E-state index >= 15 is 0 Å². The van der Waals surface area contributed by atoms with Gasteiger partial charge in [-0.3, -0.25) is 10.4 Å². The Hall–Kier alpha value is -2.16. The number of rotatable bonds is 3. The van der Waals surface area contributed by atoms with Crippen molar-refractivity contribution in [3.05, 3.63) is 40.5 Å². The maximum Gasteiger partial charge on any atom is 0.194 e. The SMILES string of the molecule is [O-]c1c(Br)cc(N(O)O)cc1C=Nc1ncccc1O. The van der Waals surface area contributed by atoms with Crippen molar-refractivity contribution in [1.82, 2.24) is 4.98 Å². The molecule has 2 rings (SSSR count). The van der Waals surface area contributed by atoms with Gasteiger partial charge in [0.1, 0.15) is 0 Å². The lowest BCUT2D eigenvalue weighted by Crippen LogP contribution is -2.12. The molecule has 0 amide bonds. The van der Waals surface area contributed by atoms with Crippen molar-refractivity contribution < 1.29 is 20.6 Å². The third kappa shape index (κ3) is 3.05. The second-order valence-corrected chi connectivity index (χ2v) is 4.59. The molecule has 20 heavy (non-hydrogen) atoms. The highest BCUT2D eigenvalue weighted by molar-refractivity contribution is 9.10. The third-order valence-electron chi connectivity index (χ3n) is 2.38. The number of aromatic nitrogens is 1. The molecule has 0 aliphatic heterocycles. The van der Waals surface area contributed by atoms with Crippen LogP contribution in [0.4, 0.5) is 11.5 Å². The molecular weight excluding hydrogens is 330 g/mol. The van der Waals surface area contributed by atoms with Gasteiger partial charge < -0.3 is 10.2 Å². The molecule has 0 saturated carbocycles. The zero-order chi connectivity index (χ0) is 14.7. The monoisotopic (exact) mass is 338 g/mol. The summed E-state index contributed by atoms with van der Waals surface area (Å²) >= 11 is 3.02. The Labute approximate surface area is 122 Å². The molecule has 1 aromatic heterocycles. The lowest BCUT2D eigenvalue weighted by Gasteiger charge is -2.16. The van der Waals surface area contributed by atoms with E-state index in [0.717, 1.165) is 0 Å². The molecule has 0 bridgehead atoms. The second-order valence-electron chi connectivity index (χ2n) is 3.74. The predicted molar refractivity (Wildman–Crippen MR) is 72.8 cm³/mol. The van der Waals surface area contributed by atoms with Gasteiger partial charge in [-0.2, -0.15) is 0 Å². The normalized spacial score (nSPS) is 10.9. The van der Waals surface area contributed by atoms with Crippen LogP contribution in [0.25, 0.3) is 0 Å². The Morgan fingerprint density at radius 3 is 2.75 bits per heavy atom. The molecule has 0 aliphatic rings. The highest BCUT2D eigenvalue weighted by atomic mass is 79.9. The Balaban J connectivity index is 2.41. The molecule has 3 N–H and O–H groups in total. The number of pyridine rings is 1. The van der Waals surface area contributed by atoms with Crippen LogP contribution in [0.2, 0.25) is 0 Å². The molecule has 8 heteroatoms. The lowest BCUT2D eigenvalue weighted by atomic mass is 10.2. The molecule has 0 spiro atoms. The van der Waals surface area contributed by atoms with E-state index in [0.29, 0.717) is 0 Å². The fraction of sp³-hybridized carbons (Fsp3) is 0. The van der Waals surface area contributed by atoms with Crippen LogP contribution in [0.1, 0.15) is 5.56 Å². The van der Waals surface area contributed by atoms with E-state index in [4.69, 9.17) is 10.4 Å². The predicted octanol–water partition coefficient (Wildman–Crippen LogP) is 1.96. The van der Waals surface area contributed by atoms with E-state index in [1.54, 1.807) is 6.07 Å². The van der Waals surface area contributed by atoms with Crippen molar-refractivity contribution in [1.29, 1.82) is 0 Å². The summed E-state index contributed by atoms with van der Waals surface area (Å²) in [6.45, 7) is 0. The molecule has 0 radical (unpaired) electrons. The van der Waals surface area contributed by atoms with Crippen LogP contribution < -0.4 is 10.3 Å². The summed E-state index contributed by atoms with van der Waals surface area (Å²) in [5.41, 5.74) is 0.0932. The number of anilines is 1. The first-order valence-electron chi connectivity index (χ1n) is 5.35. The van der Waals surface area contributed by atoms with E-state index in [1.807, 2.05) is 0 Å². The number of nitrogens with zero attached hydrogens (tertiary/aromatic N) is 3. The molecule has 7 nitrogen and oxygen atoms in total. The molecule has 0 fully saturated rings.